The highest BCUT2D eigenvalue weighted by Gasteiger charge is 2.13. The second kappa shape index (κ2) is 2.67. The Balaban J connectivity index is 3.53. The Hall–Kier alpha value is -0.570. The van der Waals surface area contributed by atoms with Crippen LogP contribution in [0.3, 0.4) is 0 Å². The summed E-state index contributed by atoms with van der Waals surface area (Å²) >= 11 is 0. The van der Waals surface area contributed by atoms with Crippen molar-refractivity contribution in [1.29, 1.82) is 0 Å². The summed E-state index contributed by atoms with van der Waals surface area (Å²) in [7, 11) is 0. The predicted octanol–water partition coefficient (Wildman–Crippen LogP) is -0.586. The van der Waals surface area contributed by atoms with Crippen LogP contribution in [0.4, 0.5) is 0 Å². The van der Waals surface area contributed by atoms with Gasteiger partial charge in [-0.1, -0.05) is 0 Å². The number of hydrogen-bond donors (Lipinski definition) is 2. The molecule has 0 saturated carbocycles. The molecule has 3 heteroatoms. The first-order valence-corrected chi connectivity index (χ1v) is 2.37. The van der Waals surface area contributed by atoms with Gasteiger partial charge in [0.2, 0.25) is 0 Å². The van der Waals surface area contributed by atoms with E-state index >= 15 is 0 Å². The van der Waals surface area contributed by atoms with Crippen molar-refractivity contribution in [3.63, 3.8) is 0 Å². The van der Waals surface area contributed by atoms with Gasteiger partial charge in [0, 0.05) is 0 Å². The molecule has 0 fully saturated rings. The van der Waals surface area contributed by atoms with Gasteiger partial charge < -0.3 is 10.4 Å². The molecule has 0 heterocycles. The van der Waals surface area contributed by atoms with E-state index in [4.69, 9.17) is 5.11 Å². The normalized spacial score (nSPS) is 10.9. The molecule has 0 aliphatic carbocycles. The van der Waals surface area contributed by atoms with Crippen LogP contribution in [0.15, 0.2) is 0 Å². The van der Waals surface area contributed by atoms with Crippen molar-refractivity contribution in [3.05, 3.63) is 0 Å². The summed E-state index contributed by atoms with van der Waals surface area (Å²) in [5.41, 5.74) is -0.526. The van der Waals surface area contributed by atoms with Gasteiger partial charge in [0.25, 0.3) is 0 Å². The first kappa shape index (κ1) is 7.43. The first-order valence-electron chi connectivity index (χ1n) is 2.37. The number of aliphatic hydroxyl groups is 1. The van der Waals surface area contributed by atoms with Crippen molar-refractivity contribution in [3.8, 4) is 0 Å². The van der Waals surface area contributed by atoms with Gasteiger partial charge in [-0.2, -0.15) is 0 Å². The Bertz CT molecular complexity index is 80.5. The zero-order chi connectivity index (χ0) is 6.62. The third-order valence-corrected chi connectivity index (χ3v) is 0.785. The monoisotopic (exact) mass is 116 g/mol. The second-order valence-electron chi connectivity index (χ2n) is 2.27. The van der Waals surface area contributed by atoms with Gasteiger partial charge in [-0.25, -0.2) is 0 Å². The molecule has 0 spiro atoms. The van der Waals surface area contributed by atoms with E-state index in [2.05, 4.69) is 5.32 Å². The molecular formula is C5H10NO2. The van der Waals surface area contributed by atoms with Crippen LogP contribution in [-0.2, 0) is 4.79 Å². The zero-order valence-electron chi connectivity index (χ0n) is 5.06. The molecule has 0 rings (SSSR count). The van der Waals surface area contributed by atoms with Crippen LogP contribution in [0.1, 0.15) is 13.8 Å². The summed E-state index contributed by atoms with van der Waals surface area (Å²) in [5, 5.41) is 10.8. The van der Waals surface area contributed by atoms with E-state index in [1.807, 2.05) is 0 Å². The molecule has 0 unspecified atom stereocenters. The van der Waals surface area contributed by atoms with Gasteiger partial charge in [0.1, 0.15) is 0 Å². The lowest BCUT2D eigenvalue weighted by Crippen LogP contribution is -2.41. The molecular weight excluding hydrogens is 106 g/mol. The Kier molecular flexibility index (Phi) is 2.48. The van der Waals surface area contributed by atoms with E-state index in [1.165, 1.54) is 6.41 Å². The van der Waals surface area contributed by atoms with Crippen molar-refractivity contribution in [2.24, 2.45) is 0 Å². The van der Waals surface area contributed by atoms with Crippen molar-refractivity contribution in [1.82, 2.24) is 5.32 Å². The third-order valence-electron chi connectivity index (χ3n) is 0.785. The molecule has 1 amide bonds. The summed E-state index contributed by atoms with van der Waals surface area (Å²) in [5.74, 6) is 0. The number of rotatable bonds is 3. The third kappa shape index (κ3) is 2.58. The molecule has 0 saturated heterocycles. The molecule has 47 valence electrons. The van der Waals surface area contributed by atoms with Crippen molar-refractivity contribution < 1.29 is 9.90 Å². The maximum atomic E-state index is 9.63. The van der Waals surface area contributed by atoms with Gasteiger partial charge in [-0.3, -0.25) is 4.79 Å². The van der Waals surface area contributed by atoms with Crippen LogP contribution in [0.2, 0.25) is 0 Å². The fourth-order valence-electron chi connectivity index (χ4n) is 0.178. The zero-order valence-corrected chi connectivity index (χ0v) is 5.06. The standard InChI is InChI=1S/C5H10NO2/c1-5(2,3-7)6-4-8/h7H,3H2,1-2H3,(H,6,8). The molecule has 0 aromatic rings. The molecule has 0 bridgehead atoms. The van der Waals surface area contributed by atoms with Crippen LogP contribution in [-0.4, -0.2) is 23.7 Å². The van der Waals surface area contributed by atoms with Gasteiger partial charge in [0.15, 0.2) is 0 Å². The highest BCUT2D eigenvalue weighted by molar-refractivity contribution is 5.48. The lowest BCUT2D eigenvalue weighted by molar-refractivity contribution is 0.205. The molecule has 0 atom stereocenters. The SMILES string of the molecule is CC(C)(CO)N[C]=O. The summed E-state index contributed by atoms with van der Waals surface area (Å²) in [6.07, 6.45) is 1.50. The van der Waals surface area contributed by atoms with E-state index in [1.54, 1.807) is 13.8 Å². The number of nitrogens with one attached hydrogen (secondary N) is 1. The van der Waals surface area contributed by atoms with E-state index in [0.29, 0.717) is 0 Å². The van der Waals surface area contributed by atoms with Gasteiger partial charge in [-0.05, 0) is 13.8 Å². The molecule has 0 aromatic carbocycles. The summed E-state index contributed by atoms with van der Waals surface area (Å²) in [6.45, 7) is 3.35. The summed E-state index contributed by atoms with van der Waals surface area (Å²) in [4.78, 5) is 9.63. The fraction of sp³-hybridized carbons (Fsp3) is 0.800. The lowest BCUT2D eigenvalue weighted by atomic mass is 10.1. The minimum atomic E-state index is -0.526. The van der Waals surface area contributed by atoms with E-state index < -0.39 is 5.54 Å². The second-order valence-corrected chi connectivity index (χ2v) is 2.27. The van der Waals surface area contributed by atoms with Crippen molar-refractivity contribution in [2.45, 2.75) is 19.4 Å². The maximum absolute atomic E-state index is 9.63. The predicted molar refractivity (Wildman–Crippen MR) is 30.0 cm³/mol. The van der Waals surface area contributed by atoms with Crippen LogP contribution in [0.25, 0.3) is 0 Å². The topological polar surface area (TPSA) is 49.3 Å². The van der Waals surface area contributed by atoms with Crippen LogP contribution in [0, 0.1) is 0 Å². The number of carbonyl (C=O) groups excluding carboxylic acids is 1. The first-order chi connectivity index (χ1) is 3.62. The van der Waals surface area contributed by atoms with Crippen LogP contribution < -0.4 is 5.32 Å². The van der Waals surface area contributed by atoms with E-state index in [9.17, 15) is 4.79 Å². The molecule has 0 aliphatic heterocycles. The van der Waals surface area contributed by atoms with Gasteiger partial charge in [0.05, 0.1) is 12.1 Å². The highest BCUT2D eigenvalue weighted by atomic mass is 16.3. The largest absolute Gasteiger partial charge is 0.394 e. The van der Waals surface area contributed by atoms with Crippen molar-refractivity contribution in [2.75, 3.05) is 6.61 Å². The molecule has 1 radical (unpaired) electrons. The van der Waals surface area contributed by atoms with Crippen LogP contribution in [0.5, 0.6) is 0 Å². The summed E-state index contributed by atoms with van der Waals surface area (Å²) < 4.78 is 0. The fourth-order valence-corrected chi connectivity index (χ4v) is 0.178. The minimum Gasteiger partial charge on any atom is -0.394 e. The summed E-state index contributed by atoms with van der Waals surface area (Å²) in [6, 6.07) is 0. The highest BCUT2D eigenvalue weighted by Crippen LogP contribution is 1.95. The Labute approximate surface area is 48.7 Å². The molecule has 8 heavy (non-hydrogen) atoms. The maximum Gasteiger partial charge on any atom is 0.309 e. The van der Waals surface area contributed by atoms with E-state index in [-0.39, 0.29) is 6.61 Å². The average Bonchev–Trinajstić information content (AvgIpc) is 1.67. The lowest BCUT2D eigenvalue weighted by Gasteiger charge is -2.18. The Morgan fingerprint density at radius 3 is 2.38 bits per heavy atom. The van der Waals surface area contributed by atoms with Gasteiger partial charge >= 0.3 is 6.41 Å². The number of aliphatic hydroxyl groups excluding tert-OH is 1. The molecule has 0 aliphatic rings. The molecule has 0 aromatic heterocycles. The smallest absolute Gasteiger partial charge is 0.309 e. The Morgan fingerprint density at radius 1 is 1.75 bits per heavy atom. The molecule has 2 N–H and O–H groups in total. The van der Waals surface area contributed by atoms with E-state index in [0.717, 1.165) is 0 Å². The van der Waals surface area contributed by atoms with Crippen LogP contribution >= 0.6 is 0 Å². The quantitative estimate of drug-likeness (QED) is 0.484. The Morgan fingerprint density at radius 2 is 2.25 bits per heavy atom. The number of amides is 1. The minimum absolute atomic E-state index is 0.0672. The van der Waals surface area contributed by atoms with Gasteiger partial charge in [-0.15, -0.1) is 0 Å². The number of hydrogen-bond acceptors (Lipinski definition) is 2. The average molecular weight is 116 g/mol. The molecule has 3 nitrogen and oxygen atoms in total. The van der Waals surface area contributed by atoms with Crippen molar-refractivity contribution >= 4 is 6.41 Å².